The Labute approximate surface area is 184 Å². The van der Waals surface area contributed by atoms with E-state index in [1.54, 1.807) is 4.90 Å². The first-order valence-electron chi connectivity index (χ1n) is 11.4. The molecule has 2 aromatic carbocycles. The second kappa shape index (κ2) is 9.86. The van der Waals surface area contributed by atoms with E-state index in [0.29, 0.717) is 26.1 Å². The molecule has 164 valence electrons. The Morgan fingerprint density at radius 1 is 0.968 bits per heavy atom. The maximum Gasteiger partial charge on any atom is 0.225 e. The quantitative estimate of drug-likeness (QED) is 0.713. The molecule has 2 aliphatic heterocycles. The highest BCUT2D eigenvalue weighted by molar-refractivity contribution is 5.89. The van der Waals surface area contributed by atoms with E-state index >= 15 is 0 Å². The third-order valence-corrected chi connectivity index (χ3v) is 6.26. The molecule has 2 N–H and O–H groups in total. The molecular weight excluding hydrogens is 388 g/mol. The maximum atomic E-state index is 12.4. The Morgan fingerprint density at radius 3 is 2.23 bits per heavy atom. The SMILES string of the molecule is CCN1CC(C(=O)NCc2ccc(Nc3ccc(N4CCCCC4)cc3)cc2)CC1=O. The Balaban J connectivity index is 1.26. The van der Waals surface area contributed by atoms with Gasteiger partial charge < -0.3 is 20.4 Å². The van der Waals surface area contributed by atoms with Crippen LogP contribution in [0.2, 0.25) is 0 Å². The number of hydrogen-bond donors (Lipinski definition) is 2. The van der Waals surface area contributed by atoms with Crippen molar-refractivity contribution in [1.82, 2.24) is 10.2 Å². The molecule has 2 saturated heterocycles. The van der Waals surface area contributed by atoms with Crippen LogP contribution >= 0.6 is 0 Å². The first kappa shape index (κ1) is 21.2. The molecule has 0 spiro atoms. The summed E-state index contributed by atoms with van der Waals surface area (Å²) < 4.78 is 0. The molecule has 2 amide bonds. The number of anilines is 3. The Hall–Kier alpha value is -3.02. The summed E-state index contributed by atoms with van der Waals surface area (Å²) in [5, 5.41) is 6.41. The van der Waals surface area contributed by atoms with Crippen molar-refractivity contribution in [2.45, 2.75) is 39.2 Å². The van der Waals surface area contributed by atoms with Crippen LogP contribution in [0.25, 0.3) is 0 Å². The zero-order valence-corrected chi connectivity index (χ0v) is 18.3. The summed E-state index contributed by atoms with van der Waals surface area (Å²) in [7, 11) is 0. The molecule has 6 nitrogen and oxygen atoms in total. The lowest BCUT2D eigenvalue weighted by atomic mass is 10.1. The van der Waals surface area contributed by atoms with Gasteiger partial charge in [-0.25, -0.2) is 0 Å². The lowest BCUT2D eigenvalue weighted by Crippen LogP contribution is -2.32. The first-order valence-corrected chi connectivity index (χ1v) is 11.4. The fraction of sp³-hybridized carbons (Fsp3) is 0.440. The number of nitrogens with zero attached hydrogens (tertiary/aromatic N) is 2. The van der Waals surface area contributed by atoms with Gasteiger partial charge in [0.1, 0.15) is 0 Å². The van der Waals surface area contributed by atoms with E-state index in [1.807, 2.05) is 31.2 Å². The number of likely N-dealkylation sites (tertiary alicyclic amines) is 1. The van der Waals surface area contributed by atoms with Gasteiger partial charge >= 0.3 is 0 Å². The van der Waals surface area contributed by atoms with Crippen LogP contribution in [0.3, 0.4) is 0 Å². The number of hydrogen-bond acceptors (Lipinski definition) is 4. The van der Waals surface area contributed by atoms with Gasteiger partial charge in [-0.3, -0.25) is 9.59 Å². The second-order valence-corrected chi connectivity index (χ2v) is 8.47. The van der Waals surface area contributed by atoms with Crippen molar-refractivity contribution in [3.8, 4) is 0 Å². The summed E-state index contributed by atoms with van der Waals surface area (Å²) in [6.45, 7) is 5.91. The predicted octanol–water partition coefficient (Wildman–Crippen LogP) is 3.91. The maximum absolute atomic E-state index is 12.4. The molecule has 0 aliphatic carbocycles. The van der Waals surface area contributed by atoms with E-state index in [2.05, 4.69) is 39.8 Å². The number of amides is 2. The van der Waals surface area contributed by atoms with Crippen molar-refractivity contribution in [2.75, 3.05) is 36.4 Å². The van der Waals surface area contributed by atoms with Crippen molar-refractivity contribution in [3.63, 3.8) is 0 Å². The fourth-order valence-electron chi connectivity index (χ4n) is 4.37. The molecule has 0 radical (unpaired) electrons. The Bertz CT molecular complexity index is 889. The third kappa shape index (κ3) is 5.37. The van der Waals surface area contributed by atoms with Gasteiger partial charge in [-0.2, -0.15) is 0 Å². The van der Waals surface area contributed by atoms with Crippen LogP contribution in [0.4, 0.5) is 17.1 Å². The fourth-order valence-corrected chi connectivity index (χ4v) is 4.37. The van der Waals surface area contributed by atoms with Gasteiger partial charge in [0.05, 0.1) is 5.92 Å². The minimum atomic E-state index is -0.235. The standard InChI is InChI=1S/C25H32N4O2/c1-2-28-18-20(16-24(28)30)25(31)26-17-19-6-8-21(9-7-19)27-22-10-12-23(13-11-22)29-14-4-3-5-15-29/h6-13,20,27H,2-5,14-18H2,1H3,(H,26,31). The van der Waals surface area contributed by atoms with E-state index in [1.165, 1.54) is 24.9 Å². The second-order valence-electron chi connectivity index (χ2n) is 8.47. The normalized spacial score (nSPS) is 18.9. The zero-order chi connectivity index (χ0) is 21.6. The Morgan fingerprint density at radius 2 is 1.61 bits per heavy atom. The predicted molar refractivity (Wildman–Crippen MR) is 124 cm³/mol. The van der Waals surface area contributed by atoms with Crippen LogP contribution in [-0.2, 0) is 16.1 Å². The topological polar surface area (TPSA) is 64.7 Å². The number of piperidine rings is 1. The molecule has 4 rings (SSSR count). The molecule has 1 atom stereocenters. The highest BCUT2D eigenvalue weighted by Gasteiger charge is 2.33. The highest BCUT2D eigenvalue weighted by Crippen LogP contribution is 2.24. The minimum Gasteiger partial charge on any atom is -0.372 e. The molecule has 2 heterocycles. The average Bonchev–Trinajstić information content (AvgIpc) is 3.20. The summed E-state index contributed by atoms with van der Waals surface area (Å²) in [6, 6.07) is 16.7. The van der Waals surface area contributed by atoms with Crippen LogP contribution in [-0.4, -0.2) is 42.9 Å². The third-order valence-electron chi connectivity index (χ3n) is 6.26. The van der Waals surface area contributed by atoms with Crippen LogP contribution < -0.4 is 15.5 Å². The molecule has 31 heavy (non-hydrogen) atoms. The van der Waals surface area contributed by atoms with E-state index in [-0.39, 0.29) is 17.7 Å². The number of rotatable bonds is 7. The van der Waals surface area contributed by atoms with Gasteiger partial charge in [0.2, 0.25) is 11.8 Å². The molecule has 0 saturated carbocycles. The van der Waals surface area contributed by atoms with Crippen molar-refractivity contribution < 1.29 is 9.59 Å². The van der Waals surface area contributed by atoms with Gasteiger partial charge in [0.25, 0.3) is 0 Å². The first-order chi connectivity index (χ1) is 15.1. The summed E-state index contributed by atoms with van der Waals surface area (Å²) in [5.74, 6) is -0.205. The average molecular weight is 421 g/mol. The summed E-state index contributed by atoms with van der Waals surface area (Å²) >= 11 is 0. The molecule has 2 aliphatic rings. The van der Waals surface area contributed by atoms with Gasteiger partial charge in [-0.1, -0.05) is 12.1 Å². The smallest absolute Gasteiger partial charge is 0.225 e. The van der Waals surface area contributed by atoms with Gasteiger partial charge in [-0.05, 0) is 68.1 Å². The lowest BCUT2D eigenvalue weighted by Gasteiger charge is -2.28. The van der Waals surface area contributed by atoms with Crippen molar-refractivity contribution in [2.24, 2.45) is 5.92 Å². The summed E-state index contributed by atoms with van der Waals surface area (Å²) in [5.41, 5.74) is 4.41. The molecule has 1 unspecified atom stereocenters. The van der Waals surface area contributed by atoms with Crippen LogP contribution in [0.5, 0.6) is 0 Å². The molecule has 2 aromatic rings. The summed E-state index contributed by atoms with van der Waals surface area (Å²) in [4.78, 5) is 28.4. The molecular formula is C25H32N4O2. The number of carbonyl (C=O) groups is 2. The van der Waals surface area contributed by atoms with Gasteiger partial charge in [-0.15, -0.1) is 0 Å². The van der Waals surface area contributed by atoms with Crippen molar-refractivity contribution in [3.05, 3.63) is 54.1 Å². The number of carbonyl (C=O) groups excluding carboxylic acids is 2. The molecule has 6 heteroatoms. The van der Waals surface area contributed by atoms with Gasteiger partial charge in [0.15, 0.2) is 0 Å². The molecule has 0 bridgehead atoms. The molecule has 0 aromatic heterocycles. The summed E-state index contributed by atoms with van der Waals surface area (Å²) in [6.07, 6.45) is 4.22. The van der Waals surface area contributed by atoms with Crippen molar-refractivity contribution in [1.29, 1.82) is 0 Å². The lowest BCUT2D eigenvalue weighted by molar-refractivity contribution is -0.128. The number of benzene rings is 2. The monoisotopic (exact) mass is 420 g/mol. The van der Waals surface area contributed by atoms with E-state index in [9.17, 15) is 9.59 Å². The minimum absolute atomic E-state index is 0.0414. The van der Waals surface area contributed by atoms with Crippen LogP contribution in [0, 0.1) is 5.92 Å². The van der Waals surface area contributed by atoms with Crippen molar-refractivity contribution >= 4 is 28.9 Å². The number of nitrogens with one attached hydrogen (secondary N) is 2. The van der Waals surface area contributed by atoms with E-state index in [0.717, 1.165) is 30.0 Å². The Kier molecular flexibility index (Phi) is 6.75. The van der Waals surface area contributed by atoms with Crippen LogP contribution in [0.1, 0.15) is 38.2 Å². The highest BCUT2D eigenvalue weighted by atomic mass is 16.2. The van der Waals surface area contributed by atoms with E-state index in [4.69, 9.17) is 0 Å². The largest absolute Gasteiger partial charge is 0.372 e. The molecule has 2 fully saturated rings. The van der Waals surface area contributed by atoms with Gasteiger partial charge in [0, 0.05) is 56.2 Å². The zero-order valence-electron chi connectivity index (χ0n) is 18.3. The van der Waals surface area contributed by atoms with E-state index < -0.39 is 0 Å². The van der Waals surface area contributed by atoms with Crippen LogP contribution in [0.15, 0.2) is 48.5 Å².